The van der Waals surface area contributed by atoms with Gasteiger partial charge >= 0.3 is 0 Å². The molecule has 2 atom stereocenters. The molecule has 0 spiro atoms. The third kappa shape index (κ3) is 3.91. The molecule has 0 radical (unpaired) electrons. The van der Waals surface area contributed by atoms with Crippen LogP contribution in [0.2, 0.25) is 0 Å². The fourth-order valence-electron chi connectivity index (χ4n) is 3.23. The van der Waals surface area contributed by atoms with Crippen LogP contribution >= 0.6 is 0 Å². The van der Waals surface area contributed by atoms with Gasteiger partial charge in [0.15, 0.2) is 0 Å². The molecule has 2 rings (SSSR count). The van der Waals surface area contributed by atoms with Crippen molar-refractivity contribution < 1.29 is 4.79 Å². The lowest BCUT2D eigenvalue weighted by atomic mass is 10.1. The number of amides is 1. The predicted molar refractivity (Wildman–Crippen MR) is 77.1 cm³/mol. The fraction of sp³-hybridized carbons (Fsp3) is 0.929. The van der Waals surface area contributed by atoms with Gasteiger partial charge in [0.1, 0.15) is 0 Å². The number of likely N-dealkylation sites (tertiary alicyclic amines) is 1. The summed E-state index contributed by atoms with van der Waals surface area (Å²) < 4.78 is 0. The largest absolute Gasteiger partial charge is 0.340 e. The van der Waals surface area contributed by atoms with E-state index in [0.29, 0.717) is 24.3 Å². The van der Waals surface area contributed by atoms with E-state index in [1.54, 1.807) is 0 Å². The number of hydrogen-bond donors (Lipinski definition) is 1. The standard InChI is InChI=1S/C14H28N4O/c1-12-10-17(11-13(12)16(2)3)7-4-14(19)18-8-5-15-6-9-18/h12-13,15H,4-11H2,1-3H3. The van der Waals surface area contributed by atoms with E-state index in [1.807, 2.05) is 4.90 Å². The summed E-state index contributed by atoms with van der Waals surface area (Å²) in [6.45, 7) is 9.07. The van der Waals surface area contributed by atoms with Crippen LogP contribution in [0.15, 0.2) is 0 Å². The Balaban J connectivity index is 1.72. The molecule has 0 saturated carbocycles. The Morgan fingerprint density at radius 2 is 1.95 bits per heavy atom. The molecule has 110 valence electrons. The van der Waals surface area contributed by atoms with Gasteiger partial charge in [-0.15, -0.1) is 0 Å². The molecule has 1 N–H and O–H groups in total. The minimum absolute atomic E-state index is 0.322. The fourth-order valence-corrected chi connectivity index (χ4v) is 3.23. The summed E-state index contributed by atoms with van der Waals surface area (Å²) in [5, 5.41) is 3.28. The number of carbonyl (C=O) groups excluding carboxylic acids is 1. The zero-order valence-electron chi connectivity index (χ0n) is 12.6. The van der Waals surface area contributed by atoms with Crippen molar-refractivity contribution in [3.63, 3.8) is 0 Å². The van der Waals surface area contributed by atoms with E-state index in [2.05, 4.69) is 36.1 Å². The van der Waals surface area contributed by atoms with Crippen LogP contribution in [0.3, 0.4) is 0 Å². The molecule has 5 heteroatoms. The highest BCUT2D eigenvalue weighted by molar-refractivity contribution is 5.76. The molecular weight excluding hydrogens is 240 g/mol. The van der Waals surface area contributed by atoms with Gasteiger partial charge in [-0.3, -0.25) is 4.79 Å². The summed E-state index contributed by atoms with van der Waals surface area (Å²) in [7, 11) is 4.30. The Morgan fingerprint density at radius 3 is 2.53 bits per heavy atom. The first-order valence-electron chi connectivity index (χ1n) is 7.45. The number of nitrogens with zero attached hydrogens (tertiary/aromatic N) is 3. The van der Waals surface area contributed by atoms with Crippen LogP contribution in [0, 0.1) is 5.92 Å². The molecule has 0 aromatic carbocycles. The van der Waals surface area contributed by atoms with Gasteiger partial charge in [-0.25, -0.2) is 0 Å². The Kier molecular flexibility index (Phi) is 5.19. The summed E-state index contributed by atoms with van der Waals surface area (Å²) in [5.41, 5.74) is 0. The van der Waals surface area contributed by atoms with Crippen LogP contribution in [0.4, 0.5) is 0 Å². The lowest BCUT2D eigenvalue weighted by Gasteiger charge is -2.28. The molecule has 2 aliphatic rings. The van der Waals surface area contributed by atoms with Crippen molar-refractivity contribution >= 4 is 5.91 Å². The van der Waals surface area contributed by atoms with Gasteiger partial charge in [0.05, 0.1) is 0 Å². The van der Waals surface area contributed by atoms with Crippen molar-refractivity contribution in [1.82, 2.24) is 20.0 Å². The minimum Gasteiger partial charge on any atom is -0.340 e. The summed E-state index contributed by atoms with van der Waals surface area (Å²) in [6.07, 6.45) is 0.673. The van der Waals surface area contributed by atoms with Crippen LogP contribution in [0.5, 0.6) is 0 Å². The second-order valence-corrected chi connectivity index (χ2v) is 6.15. The van der Waals surface area contributed by atoms with Crippen LogP contribution in [0.1, 0.15) is 13.3 Å². The third-order valence-electron chi connectivity index (χ3n) is 4.42. The molecule has 0 bridgehead atoms. The maximum atomic E-state index is 12.1. The molecule has 5 nitrogen and oxygen atoms in total. The number of carbonyl (C=O) groups is 1. The summed E-state index contributed by atoms with van der Waals surface area (Å²) >= 11 is 0. The van der Waals surface area contributed by atoms with E-state index in [0.717, 1.165) is 45.8 Å². The first-order chi connectivity index (χ1) is 9.08. The van der Waals surface area contributed by atoms with Crippen molar-refractivity contribution in [2.75, 3.05) is 59.9 Å². The molecule has 19 heavy (non-hydrogen) atoms. The molecule has 2 aliphatic heterocycles. The second kappa shape index (κ2) is 6.68. The quantitative estimate of drug-likeness (QED) is 0.759. The first-order valence-corrected chi connectivity index (χ1v) is 7.45. The average Bonchev–Trinajstić information content (AvgIpc) is 2.78. The average molecular weight is 268 g/mol. The third-order valence-corrected chi connectivity index (χ3v) is 4.42. The van der Waals surface area contributed by atoms with Gasteiger partial charge < -0.3 is 20.0 Å². The second-order valence-electron chi connectivity index (χ2n) is 6.15. The van der Waals surface area contributed by atoms with E-state index in [9.17, 15) is 4.79 Å². The topological polar surface area (TPSA) is 38.8 Å². The van der Waals surface area contributed by atoms with Crippen LogP contribution in [-0.2, 0) is 4.79 Å². The van der Waals surface area contributed by atoms with Crippen LogP contribution in [-0.4, -0.2) is 86.6 Å². The SMILES string of the molecule is CC1CN(CCC(=O)N2CCNCC2)CC1N(C)C. The van der Waals surface area contributed by atoms with Crippen molar-refractivity contribution in [3.8, 4) is 0 Å². The van der Waals surface area contributed by atoms with Gasteiger partial charge in [-0.2, -0.15) is 0 Å². The summed E-state index contributed by atoms with van der Waals surface area (Å²) in [5.74, 6) is 1.02. The molecule has 2 saturated heterocycles. The monoisotopic (exact) mass is 268 g/mol. The van der Waals surface area contributed by atoms with Crippen LogP contribution < -0.4 is 5.32 Å². The Bertz CT molecular complexity index is 302. The van der Waals surface area contributed by atoms with E-state index in [1.165, 1.54) is 0 Å². The number of hydrogen-bond acceptors (Lipinski definition) is 4. The number of likely N-dealkylation sites (N-methyl/N-ethyl adjacent to an activating group) is 1. The first kappa shape index (κ1) is 14.8. The van der Waals surface area contributed by atoms with Crippen molar-refractivity contribution in [2.24, 2.45) is 5.92 Å². The normalized spacial score (nSPS) is 29.2. The van der Waals surface area contributed by atoms with Crippen molar-refractivity contribution in [2.45, 2.75) is 19.4 Å². The maximum absolute atomic E-state index is 12.1. The van der Waals surface area contributed by atoms with E-state index < -0.39 is 0 Å². The Morgan fingerprint density at radius 1 is 1.26 bits per heavy atom. The van der Waals surface area contributed by atoms with Gasteiger partial charge in [0.25, 0.3) is 0 Å². The maximum Gasteiger partial charge on any atom is 0.223 e. The molecular formula is C14H28N4O. The highest BCUT2D eigenvalue weighted by Gasteiger charge is 2.31. The molecule has 0 aromatic rings. The van der Waals surface area contributed by atoms with Crippen LogP contribution in [0.25, 0.3) is 0 Å². The number of rotatable bonds is 4. The molecule has 2 fully saturated rings. The minimum atomic E-state index is 0.322. The van der Waals surface area contributed by atoms with Crippen molar-refractivity contribution in [3.05, 3.63) is 0 Å². The van der Waals surface area contributed by atoms with E-state index in [4.69, 9.17) is 0 Å². The number of nitrogens with one attached hydrogen (secondary N) is 1. The zero-order chi connectivity index (χ0) is 13.8. The summed E-state index contributed by atoms with van der Waals surface area (Å²) in [4.78, 5) is 18.9. The van der Waals surface area contributed by atoms with Gasteiger partial charge in [0, 0.05) is 58.3 Å². The van der Waals surface area contributed by atoms with Gasteiger partial charge in [-0.05, 0) is 20.0 Å². The van der Waals surface area contributed by atoms with Crippen molar-refractivity contribution in [1.29, 1.82) is 0 Å². The lowest BCUT2D eigenvalue weighted by molar-refractivity contribution is -0.132. The van der Waals surface area contributed by atoms with E-state index >= 15 is 0 Å². The molecule has 1 amide bonds. The lowest BCUT2D eigenvalue weighted by Crippen LogP contribution is -2.47. The Hall–Kier alpha value is -0.650. The van der Waals surface area contributed by atoms with E-state index in [-0.39, 0.29) is 0 Å². The smallest absolute Gasteiger partial charge is 0.223 e. The molecule has 2 heterocycles. The Labute approximate surface area is 116 Å². The van der Waals surface area contributed by atoms with Gasteiger partial charge in [-0.1, -0.05) is 6.92 Å². The van der Waals surface area contributed by atoms with Gasteiger partial charge in [0.2, 0.25) is 5.91 Å². The molecule has 2 unspecified atom stereocenters. The summed E-state index contributed by atoms with van der Waals surface area (Å²) in [6, 6.07) is 0.634. The predicted octanol–water partition coefficient (Wildman–Crippen LogP) is -0.310. The highest BCUT2D eigenvalue weighted by atomic mass is 16.2. The zero-order valence-corrected chi connectivity index (χ0v) is 12.6. The highest BCUT2D eigenvalue weighted by Crippen LogP contribution is 2.20. The molecule has 0 aromatic heterocycles. The number of piperazine rings is 1. The molecule has 0 aliphatic carbocycles.